The van der Waals surface area contributed by atoms with Gasteiger partial charge in [0.25, 0.3) is 0 Å². The molecule has 1 fully saturated rings. The van der Waals surface area contributed by atoms with Crippen molar-refractivity contribution in [3.05, 3.63) is 46.2 Å². The Kier molecular flexibility index (Phi) is 6.45. The van der Waals surface area contributed by atoms with Gasteiger partial charge < -0.3 is 5.32 Å². The summed E-state index contributed by atoms with van der Waals surface area (Å²) >= 11 is 6.17. The van der Waals surface area contributed by atoms with Gasteiger partial charge in [0.05, 0.1) is 10.6 Å². The molecule has 0 atom stereocenters. The van der Waals surface area contributed by atoms with E-state index < -0.39 is 10.0 Å². The first-order valence-corrected chi connectivity index (χ1v) is 11.3. The zero-order valence-corrected chi connectivity index (χ0v) is 18.3. The number of rotatable bonds is 5. The lowest BCUT2D eigenvalue weighted by molar-refractivity contribution is -0.111. The summed E-state index contributed by atoms with van der Waals surface area (Å²) in [6.07, 6.45) is 5.75. The van der Waals surface area contributed by atoms with E-state index >= 15 is 0 Å². The minimum Gasteiger partial charge on any atom is -0.322 e. The van der Waals surface area contributed by atoms with Crippen molar-refractivity contribution in [2.24, 2.45) is 7.05 Å². The van der Waals surface area contributed by atoms with Gasteiger partial charge in [-0.05, 0) is 50.5 Å². The number of sulfonamides is 1. The molecule has 1 aliphatic rings. The van der Waals surface area contributed by atoms with Gasteiger partial charge in [-0.1, -0.05) is 24.1 Å². The van der Waals surface area contributed by atoms with Crippen LogP contribution >= 0.6 is 11.6 Å². The van der Waals surface area contributed by atoms with Crippen LogP contribution in [0.15, 0.2) is 29.2 Å². The van der Waals surface area contributed by atoms with Crippen molar-refractivity contribution in [2.75, 3.05) is 18.4 Å². The maximum Gasteiger partial charge on any atom is 0.248 e. The summed E-state index contributed by atoms with van der Waals surface area (Å²) in [5.41, 5.74) is 2.63. The van der Waals surface area contributed by atoms with Gasteiger partial charge in [0.2, 0.25) is 15.9 Å². The molecule has 29 heavy (non-hydrogen) atoms. The van der Waals surface area contributed by atoms with E-state index in [1.165, 1.54) is 21.1 Å². The van der Waals surface area contributed by atoms with Crippen LogP contribution in [0.25, 0.3) is 6.08 Å². The molecular formula is C20H25ClN4O3S. The van der Waals surface area contributed by atoms with Crippen LogP contribution in [0.3, 0.4) is 0 Å². The van der Waals surface area contributed by atoms with E-state index in [1.807, 2.05) is 13.8 Å². The molecule has 3 rings (SSSR count). The number of nitrogens with zero attached hydrogens (tertiary/aromatic N) is 3. The van der Waals surface area contributed by atoms with E-state index in [2.05, 4.69) is 10.4 Å². The zero-order valence-electron chi connectivity index (χ0n) is 16.8. The first-order chi connectivity index (χ1) is 13.7. The number of carbonyl (C=O) groups is 1. The van der Waals surface area contributed by atoms with E-state index in [9.17, 15) is 13.2 Å². The number of benzene rings is 1. The first kappa shape index (κ1) is 21.5. The van der Waals surface area contributed by atoms with Crippen molar-refractivity contribution in [3.8, 4) is 0 Å². The average molecular weight is 437 g/mol. The van der Waals surface area contributed by atoms with Gasteiger partial charge in [0.15, 0.2) is 0 Å². The average Bonchev–Trinajstić information content (AvgIpc) is 2.94. The highest BCUT2D eigenvalue weighted by molar-refractivity contribution is 7.89. The molecule has 1 aromatic heterocycles. The summed E-state index contributed by atoms with van der Waals surface area (Å²) in [5.74, 6) is -0.375. The number of hydrogen-bond acceptors (Lipinski definition) is 4. The number of nitrogens with one attached hydrogen (secondary N) is 1. The number of anilines is 1. The summed E-state index contributed by atoms with van der Waals surface area (Å²) < 4.78 is 28.8. The Morgan fingerprint density at radius 3 is 2.52 bits per heavy atom. The van der Waals surface area contributed by atoms with Crippen LogP contribution in [0.2, 0.25) is 5.15 Å². The summed E-state index contributed by atoms with van der Waals surface area (Å²) in [4.78, 5) is 12.6. The number of piperidine rings is 1. The predicted octanol–water partition coefficient (Wildman–Crippen LogP) is 3.52. The number of aryl methyl sites for hydroxylation is 3. The molecule has 156 valence electrons. The van der Waals surface area contributed by atoms with Crippen molar-refractivity contribution in [1.82, 2.24) is 14.1 Å². The lowest BCUT2D eigenvalue weighted by atomic mass is 10.2. The molecule has 1 amide bonds. The second-order valence-corrected chi connectivity index (χ2v) is 9.47. The SMILES string of the molecule is Cc1ccc(S(=O)(=O)N2CCCCC2)cc1NC(=O)/C=C/c1c(C)nn(C)c1Cl. The lowest BCUT2D eigenvalue weighted by Crippen LogP contribution is -2.35. The smallest absolute Gasteiger partial charge is 0.248 e. The van der Waals surface area contributed by atoms with Crippen LogP contribution in [0, 0.1) is 13.8 Å². The largest absolute Gasteiger partial charge is 0.322 e. The minimum absolute atomic E-state index is 0.190. The first-order valence-electron chi connectivity index (χ1n) is 9.49. The fraction of sp³-hybridized carbons (Fsp3) is 0.400. The Morgan fingerprint density at radius 2 is 1.90 bits per heavy atom. The predicted molar refractivity (Wildman–Crippen MR) is 114 cm³/mol. The summed E-state index contributed by atoms with van der Waals surface area (Å²) in [6, 6.07) is 4.81. The molecule has 0 saturated carbocycles. The van der Waals surface area contributed by atoms with E-state index in [-0.39, 0.29) is 10.8 Å². The fourth-order valence-electron chi connectivity index (χ4n) is 3.32. The Labute approximate surface area is 176 Å². The molecule has 2 heterocycles. The molecule has 0 unspecified atom stereocenters. The van der Waals surface area contributed by atoms with Crippen molar-refractivity contribution >= 4 is 39.3 Å². The highest BCUT2D eigenvalue weighted by atomic mass is 35.5. The normalized spacial score (nSPS) is 15.7. The molecule has 9 heteroatoms. The Bertz CT molecular complexity index is 1050. The maximum absolute atomic E-state index is 12.9. The van der Waals surface area contributed by atoms with Crippen molar-refractivity contribution in [3.63, 3.8) is 0 Å². The van der Waals surface area contributed by atoms with Crippen LogP contribution in [0.4, 0.5) is 5.69 Å². The van der Waals surface area contributed by atoms with E-state index in [0.29, 0.717) is 35.2 Å². The Hall–Kier alpha value is -2.16. The second-order valence-electron chi connectivity index (χ2n) is 7.18. The zero-order chi connectivity index (χ0) is 21.2. The molecule has 1 saturated heterocycles. The molecule has 1 aromatic carbocycles. The van der Waals surface area contributed by atoms with Crippen LogP contribution in [0.1, 0.15) is 36.1 Å². The maximum atomic E-state index is 12.9. The Morgan fingerprint density at radius 1 is 1.21 bits per heavy atom. The van der Waals surface area contributed by atoms with Gasteiger partial charge in [-0.2, -0.15) is 9.40 Å². The van der Waals surface area contributed by atoms with Gasteiger partial charge in [-0.15, -0.1) is 0 Å². The van der Waals surface area contributed by atoms with Crippen molar-refractivity contribution < 1.29 is 13.2 Å². The molecule has 0 aliphatic carbocycles. The standard InChI is InChI=1S/C20H25ClN4O3S/c1-14-7-8-16(29(27,28)25-11-5-4-6-12-25)13-18(14)22-19(26)10-9-17-15(2)23-24(3)20(17)21/h7-10,13H,4-6,11-12H2,1-3H3,(H,22,26)/b10-9+. The van der Waals surface area contributed by atoms with Gasteiger partial charge >= 0.3 is 0 Å². The van der Waals surface area contributed by atoms with Crippen LogP contribution in [0.5, 0.6) is 0 Å². The summed E-state index contributed by atoms with van der Waals surface area (Å²) in [7, 11) is -1.84. The molecule has 1 aliphatic heterocycles. The lowest BCUT2D eigenvalue weighted by Gasteiger charge is -2.26. The molecule has 2 aromatic rings. The third kappa shape index (κ3) is 4.71. The highest BCUT2D eigenvalue weighted by Gasteiger charge is 2.26. The van der Waals surface area contributed by atoms with Gasteiger partial charge in [0.1, 0.15) is 5.15 Å². The van der Waals surface area contributed by atoms with E-state index in [1.54, 1.807) is 25.3 Å². The monoisotopic (exact) mass is 436 g/mol. The molecule has 0 bridgehead atoms. The van der Waals surface area contributed by atoms with Crippen molar-refractivity contribution in [2.45, 2.75) is 38.0 Å². The third-order valence-corrected chi connectivity index (χ3v) is 7.36. The van der Waals surface area contributed by atoms with Gasteiger partial charge in [0, 0.05) is 37.5 Å². The van der Waals surface area contributed by atoms with E-state index in [4.69, 9.17) is 11.6 Å². The number of aromatic nitrogens is 2. The third-order valence-electron chi connectivity index (χ3n) is 5.02. The van der Waals surface area contributed by atoms with Crippen LogP contribution in [-0.4, -0.2) is 41.5 Å². The van der Waals surface area contributed by atoms with Crippen LogP contribution < -0.4 is 5.32 Å². The van der Waals surface area contributed by atoms with Crippen molar-refractivity contribution in [1.29, 1.82) is 0 Å². The van der Waals surface area contributed by atoms with E-state index in [0.717, 1.165) is 24.8 Å². The fourth-order valence-corrected chi connectivity index (χ4v) is 5.10. The molecule has 1 N–H and O–H groups in total. The molecular weight excluding hydrogens is 412 g/mol. The number of amides is 1. The number of hydrogen-bond donors (Lipinski definition) is 1. The highest BCUT2D eigenvalue weighted by Crippen LogP contribution is 2.25. The molecule has 0 spiro atoms. The summed E-state index contributed by atoms with van der Waals surface area (Å²) in [6.45, 7) is 4.69. The van der Waals surface area contributed by atoms with Gasteiger partial charge in [-0.25, -0.2) is 8.42 Å². The number of halogens is 1. The molecule has 7 nitrogen and oxygen atoms in total. The summed E-state index contributed by atoms with van der Waals surface area (Å²) in [5, 5.41) is 7.40. The van der Waals surface area contributed by atoms with Crippen LogP contribution in [-0.2, 0) is 21.9 Å². The Balaban J connectivity index is 1.79. The number of carbonyl (C=O) groups excluding carboxylic acids is 1. The minimum atomic E-state index is -3.57. The molecule has 0 radical (unpaired) electrons. The second kappa shape index (κ2) is 8.69. The topological polar surface area (TPSA) is 84.3 Å². The van der Waals surface area contributed by atoms with Gasteiger partial charge in [-0.3, -0.25) is 9.48 Å². The quantitative estimate of drug-likeness (QED) is 0.727.